The molecule has 36 heavy (non-hydrogen) atoms. The highest BCUT2D eigenvalue weighted by molar-refractivity contribution is 7.17. The Morgan fingerprint density at radius 2 is 1.64 bits per heavy atom. The lowest BCUT2D eigenvalue weighted by Gasteiger charge is -2.35. The molecule has 7 heteroatoms. The summed E-state index contributed by atoms with van der Waals surface area (Å²) in [6.07, 6.45) is 4.11. The highest BCUT2D eigenvalue weighted by atomic mass is 32.1. The molecule has 188 valence electrons. The second-order valence-corrected chi connectivity index (χ2v) is 10.7. The van der Waals surface area contributed by atoms with Gasteiger partial charge in [0.1, 0.15) is 10.8 Å². The highest BCUT2D eigenvalue weighted by Gasteiger charge is 2.28. The van der Waals surface area contributed by atoms with Gasteiger partial charge in [-0.2, -0.15) is 0 Å². The van der Waals surface area contributed by atoms with Crippen LogP contribution in [0.4, 0.5) is 10.7 Å². The smallest absolute Gasteiger partial charge is 0.239 e. The van der Waals surface area contributed by atoms with Gasteiger partial charge in [0.05, 0.1) is 19.2 Å². The quantitative estimate of drug-likeness (QED) is 0.463. The third-order valence-electron chi connectivity index (χ3n) is 7.14. The summed E-state index contributed by atoms with van der Waals surface area (Å²) in [4.78, 5) is 32.4. The van der Waals surface area contributed by atoms with Crippen molar-refractivity contribution in [1.29, 1.82) is 0 Å². The SMILES string of the molecule is COc1ccc(N2CCN(CC(=O)Nc3sc4c(c3C(=O)c3ccc(C)cc3)CCCC4)CC2)cc1. The summed E-state index contributed by atoms with van der Waals surface area (Å²) in [5, 5.41) is 3.84. The van der Waals surface area contributed by atoms with E-state index in [1.54, 1.807) is 18.4 Å². The van der Waals surface area contributed by atoms with Crippen molar-refractivity contribution in [2.45, 2.75) is 32.6 Å². The maximum Gasteiger partial charge on any atom is 0.239 e. The maximum absolute atomic E-state index is 13.5. The molecule has 2 aliphatic rings. The first-order chi connectivity index (χ1) is 17.5. The number of hydrogen-bond acceptors (Lipinski definition) is 6. The van der Waals surface area contributed by atoms with Gasteiger partial charge in [-0.25, -0.2) is 0 Å². The molecule has 1 N–H and O–H groups in total. The van der Waals surface area contributed by atoms with Crippen LogP contribution in [0.15, 0.2) is 48.5 Å². The first-order valence-corrected chi connectivity index (χ1v) is 13.5. The minimum atomic E-state index is -0.0514. The Morgan fingerprint density at radius 1 is 0.944 bits per heavy atom. The Hall–Kier alpha value is -3.16. The number of methoxy groups -OCH3 is 1. The second-order valence-electron chi connectivity index (χ2n) is 9.62. The molecule has 1 aliphatic carbocycles. The monoisotopic (exact) mass is 503 g/mol. The summed E-state index contributed by atoms with van der Waals surface area (Å²) in [6, 6.07) is 15.8. The van der Waals surface area contributed by atoms with Crippen molar-refractivity contribution in [2.75, 3.05) is 50.1 Å². The van der Waals surface area contributed by atoms with E-state index >= 15 is 0 Å². The molecule has 0 radical (unpaired) electrons. The van der Waals surface area contributed by atoms with Crippen molar-refractivity contribution < 1.29 is 14.3 Å². The van der Waals surface area contributed by atoms with E-state index in [4.69, 9.17) is 4.74 Å². The predicted octanol–water partition coefficient (Wildman–Crippen LogP) is 4.94. The Bertz CT molecular complexity index is 1230. The van der Waals surface area contributed by atoms with E-state index in [2.05, 4.69) is 27.2 Å². The molecular formula is C29H33N3O3S. The minimum absolute atomic E-state index is 0.0119. The fourth-order valence-corrected chi connectivity index (χ4v) is 6.37. The molecule has 1 saturated heterocycles. The van der Waals surface area contributed by atoms with Crippen molar-refractivity contribution in [3.8, 4) is 5.75 Å². The second kappa shape index (κ2) is 10.8. The van der Waals surface area contributed by atoms with Gasteiger partial charge in [0, 0.05) is 42.3 Å². The topological polar surface area (TPSA) is 61.9 Å². The van der Waals surface area contributed by atoms with Gasteiger partial charge in [0.15, 0.2) is 5.78 Å². The molecule has 1 aliphatic heterocycles. The zero-order valence-electron chi connectivity index (χ0n) is 21.0. The Kier molecular flexibility index (Phi) is 7.39. The van der Waals surface area contributed by atoms with Crippen LogP contribution in [0.5, 0.6) is 5.75 Å². The van der Waals surface area contributed by atoms with Gasteiger partial charge in [0.2, 0.25) is 5.91 Å². The van der Waals surface area contributed by atoms with Gasteiger partial charge in [-0.05, 0) is 62.4 Å². The van der Waals surface area contributed by atoms with Crippen molar-refractivity contribution in [2.24, 2.45) is 0 Å². The molecule has 3 aromatic rings. The lowest BCUT2D eigenvalue weighted by molar-refractivity contribution is -0.117. The molecule has 2 aromatic carbocycles. The number of nitrogens with zero attached hydrogens (tertiary/aromatic N) is 2. The third-order valence-corrected chi connectivity index (χ3v) is 8.35. The summed E-state index contributed by atoms with van der Waals surface area (Å²) in [7, 11) is 1.67. The molecule has 0 bridgehead atoms. The molecular weight excluding hydrogens is 470 g/mol. The van der Waals surface area contributed by atoms with Crippen LogP contribution in [0.1, 0.15) is 44.8 Å². The lowest BCUT2D eigenvalue weighted by atomic mass is 9.91. The number of thiophene rings is 1. The molecule has 5 rings (SSSR count). The zero-order chi connectivity index (χ0) is 25.1. The van der Waals surface area contributed by atoms with Crippen LogP contribution in [0.3, 0.4) is 0 Å². The van der Waals surface area contributed by atoms with Gasteiger partial charge < -0.3 is 15.0 Å². The summed E-state index contributed by atoms with van der Waals surface area (Å²) in [5.74, 6) is 0.812. The molecule has 1 fully saturated rings. The molecule has 1 amide bonds. The van der Waals surface area contributed by atoms with Crippen LogP contribution in [-0.4, -0.2) is 56.4 Å². The van der Waals surface area contributed by atoms with E-state index in [0.717, 1.165) is 68.7 Å². The number of rotatable bonds is 7. The number of carbonyl (C=O) groups is 2. The van der Waals surface area contributed by atoms with Crippen molar-refractivity contribution in [3.05, 3.63) is 75.7 Å². The number of aryl methyl sites for hydroxylation is 2. The average molecular weight is 504 g/mol. The predicted molar refractivity (Wildman–Crippen MR) is 146 cm³/mol. The summed E-state index contributed by atoms with van der Waals surface area (Å²) < 4.78 is 5.25. The molecule has 0 unspecified atom stereocenters. The number of amides is 1. The van der Waals surface area contributed by atoms with Crippen molar-refractivity contribution in [1.82, 2.24) is 4.90 Å². The normalized spacial score (nSPS) is 15.9. The standard InChI is InChI=1S/C29H33N3O3S/c1-20-7-9-21(10-8-20)28(34)27-24-5-3-4-6-25(24)36-29(27)30-26(33)19-31-15-17-32(18-16-31)22-11-13-23(35-2)14-12-22/h7-14H,3-6,15-19H2,1-2H3,(H,30,33). The lowest BCUT2D eigenvalue weighted by Crippen LogP contribution is -2.48. The van der Waals surface area contributed by atoms with E-state index in [1.165, 1.54) is 10.6 Å². The number of hydrogen-bond donors (Lipinski definition) is 1. The Morgan fingerprint density at radius 3 is 2.33 bits per heavy atom. The first kappa shape index (κ1) is 24.5. The molecule has 1 aromatic heterocycles. The van der Waals surface area contributed by atoms with Gasteiger partial charge in [-0.1, -0.05) is 29.8 Å². The number of ketones is 1. The highest BCUT2D eigenvalue weighted by Crippen LogP contribution is 2.39. The van der Waals surface area contributed by atoms with Crippen molar-refractivity contribution >= 4 is 33.7 Å². The third kappa shape index (κ3) is 5.32. The van der Waals surface area contributed by atoms with Crippen LogP contribution in [0.2, 0.25) is 0 Å². The number of benzene rings is 2. The van der Waals surface area contributed by atoms with Crippen LogP contribution in [0.25, 0.3) is 0 Å². The van der Waals surface area contributed by atoms with Crippen molar-refractivity contribution in [3.63, 3.8) is 0 Å². The van der Waals surface area contributed by atoms with E-state index in [0.29, 0.717) is 22.7 Å². The number of fused-ring (bicyclic) bond motifs is 1. The number of anilines is 2. The largest absolute Gasteiger partial charge is 0.497 e. The minimum Gasteiger partial charge on any atom is -0.497 e. The number of carbonyl (C=O) groups excluding carboxylic acids is 2. The van der Waals surface area contributed by atoms with Gasteiger partial charge in [-0.15, -0.1) is 11.3 Å². The summed E-state index contributed by atoms with van der Waals surface area (Å²) in [6.45, 7) is 5.71. The fourth-order valence-electron chi connectivity index (χ4n) is 5.07. The first-order valence-electron chi connectivity index (χ1n) is 12.7. The Labute approximate surface area is 216 Å². The van der Waals surface area contributed by atoms with E-state index in [-0.39, 0.29) is 11.7 Å². The molecule has 0 saturated carbocycles. The van der Waals surface area contributed by atoms with Gasteiger partial charge in [-0.3, -0.25) is 14.5 Å². The number of nitrogens with one attached hydrogen (secondary N) is 1. The molecule has 6 nitrogen and oxygen atoms in total. The Balaban J connectivity index is 1.25. The number of ether oxygens (including phenoxy) is 1. The van der Waals surface area contributed by atoms with E-state index < -0.39 is 0 Å². The molecule has 0 atom stereocenters. The van der Waals surface area contributed by atoms with Crippen LogP contribution < -0.4 is 15.0 Å². The number of piperazine rings is 1. The van der Waals surface area contributed by atoms with E-state index in [9.17, 15) is 9.59 Å². The molecule has 0 spiro atoms. The van der Waals surface area contributed by atoms with E-state index in [1.807, 2.05) is 43.3 Å². The van der Waals surface area contributed by atoms with Crippen LogP contribution >= 0.6 is 11.3 Å². The molecule has 2 heterocycles. The summed E-state index contributed by atoms with van der Waals surface area (Å²) in [5.41, 5.74) is 4.82. The van der Waals surface area contributed by atoms with Crippen LogP contribution in [0, 0.1) is 6.92 Å². The zero-order valence-corrected chi connectivity index (χ0v) is 21.8. The van der Waals surface area contributed by atoms with Gasteiger partial charge >= 0.3 is 0 Å². The van der Waals surface area contributed by atoms with Gasteiger partial charge in [0.25, 0.3) is 0 Å². The maximum atomic E-state index is 13.5. The summed E-state index contributed by atoms with van der Waals surface area (Å²) >= 11 is 1.59. The fraction of sp³-hybridized carbons (Fsp3) is 0.379. The average Bonchev–Trinajstić information content (AvgIpc) is 3.26. The van der Waals surface area contributed by atoms with Crippen LogP contribution in [-0.2, 0) is 17.6 Å².